The molecule has 0 saturated carbocycles. The minimum absolute atomic E-state index is 0. The molecule has 0 unspecified atom stereocenters. The van der Waals surface area contributed by atoms with Crippen molar-refractivity contribution in [3.63, 3.8) is 0 Å². The van der Waals surface area contributed by atoms with Crippen molar-refractivity contribution in [3.05, 3.63) is 0 Å². The molecule has 0 aromatic carbocycles. The van der Waals surface area contributed by atoms with Crippen molar-refractivity contribution < 1.29 is 122 Å². The Labute approximate surface area is 279 Å². The average Bonchev–Trinajstić information content (AvgIpc) is 0. The van der Waals surface area contributed by atoms with Crippen molar-refractivity contribution in [3.8, 4) is 0 Å². The van der Waals surface area contributed by atoms with Crippen molar-refractivity contribution in [2.24, 2.45) is 0 Å². The second-order valence-electron chi connectivity index (χ2n) is 0. The van der Waals surface area contributed by atoms with Crippen LogP contribution in [-0.2, 0) is 51.2 Å². The maximum atomic E-state index is 0. The summed E-state index contributed by atoms with van der Waals surface area (Å²) in [5.74, 6) is 0. The second kappa shape index (κ2) is 76.8. The third-order valence-electron chi connectivity index (χ3n) is 0. The van der Waals surface area contributed by atoms with Gasteiger partial charge in [0.1, 0.15) is 0 Å². The van der Waals surface area contributed by atoms with Gasteiger partial charge in [0.2, 0.25) is 0 Å². The molecular formula is H8Ca2Cr2La2O3Sr2. The van der Waals surface area contributed by atoms with Gasteiger partial charge in [0.25, 0.3) is 0 Å². The summed E-state index contributed by atoms with van der Waals surface area (Å²) in [4.78, 5) is 0. The Morgan fingerprint density at radius 3 is 0.455 bits per heavy atom. The fourth-order valence-corrected chi connectivity index (χ4v) is 0. The molecule has 11 heteroatoms. The minimum atomic E-state index is 0. The van der Waals surface area contributed by atoms with Gasteiger partial charge in [-0.3, -0.25) is 0 Å². The molecule has 0 N–H and O–H groups in total. The van der Waals surface area contributed by atoms with Gasteiger partial charge in [0.05, 0.1) is 0 Å². The van der Waals surface area contributed by atoms with Crippen LogP contribution < -0.4 is 0 Å². The zero-order valence-electron chi connectivity index (χ0n) is 3.20. The van der Waals surface area contributed by atoms with E-state index in [1.54, 1.807) is 0 Å². The van der Waals surface area contributed by atoms with Crippen molar-refractivity contribution in [1.29, 1.82) is 0 Å². The third kappa shape index (κ3) is 68.5. The first-order chi connectivity index (χ1) is 0. The zero-order valence-corrected chi connectivity index (χ0v) is 13.0. The van der Waals surface area contributed by atoms with Crippen LogP contribution in [0.3, 0.4) is 0 Å². The molecule has 0 atom stereocenters. The summed E-state index contributed by atoms with van der Waals surface area (Å²) in [5, 5.41) is 0. The molecule has 0 spiro atoms. The molecule has 0 aliphatic rings. The van der Waals surface area contributed by atoms with Crippen LogP contribution in [0.4, 0.5) is 0 Å². The van der Waals surface area contributed by atoms with Gasteiger partial charge in [0, 0.05) is 71.2 Å². The van der Waals surface area contributed by atoms with E-state index in [0.29, 0.717) is 0 Å². The fraction of sp³-hybridized carbons (Fsp3) is 0. The van der Waals surface area contributed by atoms with E-state index in [-0.39, 0.29) is 289 Å². The van der Waals surface area contributed by atoms with E-state index >= 15 is 0 Å². The SMILES string of the molecule is [CaH2].[CaH2].[Cr+3].[Cr+3].[La].[La].[O-2].[O-2].[O-2].[SrH2].[SrH2]. The zero-order chi connectivity index (χ0) is 0. The van der Waals surface area contributed by atoms with Gasteiger partial charge in [-0.05, 0) is 0 Å². The van der Waals surface area contributed by atoms with Crippen LogP contribution in [-0.4, -0.2) is 166 Å². The molecule has 52 valence electrons. The summed E-state index contributed by atoms with van der Waals surface area (Å²) in [6, 6.07) is 0. The Hall–Kier alpha value is 8.82. The van der Waals surface area contributed by atoms with E-state index < -0.39 is 0 Å². The summed E-state index contributed by atoms with van der Waals surface area (Å²) >= 11 is 0. The second-order valence-corrected chi connectivity index (χ2v) is 0. The average molecular weight is 693 g/mol. The molecule has 3 nitrogen and oxygen atoms in total. The van der Waals surface area contributed by atoms with Crippen molar-refractivity contribution in [1.82, 2.24) is 0 Å². The van der Waals surface area contributed by atoms with Crippen LogP contribution >= 0.6 is 0 Å². The Bertz CT molecular complexity index is 25.3. The van der Waals surface area contributed by atoms with Crippen LogP contribution in [0.2, 0.25) is 0 Å². The van der Waals surface area contributed by atoms with Crippen molar-refractivity contribution in [2.45, 2.75) is 0 Å². The summed E-state index contributed by atoms with van der Waals surface area (Å²) in [6.07, 6.45) is 0. The molecule has 11 heavy (non-hydrogen) atoms. The normalized spacial score (nSPS) is 0. The molecule has 0 aliphatic carbocycles. The van der Waals surface area contributed by atoms with E-state index in [1.165, 1.54) is 0 Å². The van der Waals surface area contributed by atoms with Gasteiger partial charge in [-0.1, -0.05) is 0 Å². The van der Waals surface area contributed by atoms with Gasteiger partial charge >= 0.3 is 201 Å². The molecule has 0 amide bonds. The molecule has 0 saturated heterocycles. The van der Waals surface area contributed by atoms with Crippen LogP contribution in [0.1, 0.15) is 0 Å². The first kappa shape index (κ1) is 90.3. The van der Waals surface area contributed by atoms with E-state index in [9.17, 15) is 0 Å². The molecule has 0 rings (SSSR count). The Morgan fingerprint density at radius 1 is 0.455 bits per heavy atom. The molecule has 0 aliphatic heterocycles. The predicted molar refractivity (Wildman–Crippen MR) is 36.2 cm³/mol. The molecule has 0 aromatic heterocycles. The van der Waals surface area contributed by atoms with Crippen LogP contribution in [0.5, 0.6) is 0 Å². The van der Waals surface area contributed by atoms with Gasteiger partial charge in [-0.25, -0.2) is 0 Å². The van der Waals surface area contributed by atoms with Gasteiger partial charge < -0.3 is 16.4 Å². The van der Waals surface area contributed by atoms with E-state index in [0.717, 1.165) is 0 Å². The van der Waals surface area contributed by atoms with E-state index in [1.807, 2.05) is 0 Å². The quantitative estimate of drug-likeness (QED) is 0.232. The van der Waals surface area contributed by atoms with Crippen LogP contribution in [0.15, 0.2) is 0 Å². The molecule has 0 heterocycles. The van der Waals surface area contributed by atoms with Gasteiger partial charge in [-0.2, -0.15) is 0 Å². The standard InChI is InChI=1S/2Ca.2Cr.2La.3O.2Sr.8H/q;;2*+3;;;3*-2;;;;;;;;;;. The first-order valence-corrected chi connectivity index (χ1v) is 0. The summed E-state index contributed by atoms with van der Waals surface area (Å²) in [6.45, 7) is 0. The summed E-state index contributed by atoms with van der Waals surface area (Å²) in [5.41, 5.74) is 0. The van der Waals surface area contributed by atoms with Gasteiger partial charge in [-0.15, -0.1) is 0 Å². The fourth-order valence-electron chi connectivity index (χ4n) is 0. The molecule has 0 fully saturated rings. The monoisotopic (exact) mass is 693 g/mol. The van der Waals surface area contributed by atoms with E-state index in [2.05, 4.69) is 0 Å². The van der Waals surface area contributed by atoms with Crippen LogP contribution in [0, 0.1) is 71.2 Å². The summed E-state index contributed by atoms with van der Waals surface area (Å²) < 4.78 is 0. The molecular weight excluding hydrogens is 685 g/mol. The third-order valence-corrected chi connectivity index (χ3v) is 0. The number of hydrogen-bond donors (Lipinski definition) is 0. The molecule has 0 bridgehead atoms. The first-order valence-electron chi connectivity index (χ1n) is 0. The molecule has 4 radical (unpaired) electrons. The Kier molecular flexibility index (Phi) is 631. The van der Waals surface area contributed by atoms with Crippen LogP contribution in [0.25, 0.3) is 0 Å². The summed E-state index contributed by atoms with van der Waals surface area (Å²) in [7, 11) is 0. The van der Waals surface area contributed by atoms with Crippen molar-refractivity contribution in [2.75, 3.05) is 0 Å². The van der Waals surface area contributed by atoms with E-state index in [4.69, 9.17) is 0 Å². The molecule has 0 aromatic rings. The Balaban J connectivity index is 0. The topological polar surface area (TPSA) is 85.5 Å². The van der Waals surface area contributed by atoms with Crippen molar-refractivity contribution >= 4 is 166 Å². The number of hydrogen-bond acceptors (Lipinski definition) is 0. The maximum absolute atomic E-state index is 0. The number of rotatable bonds is 0. The van der Waals surface area contributed by atoms with Gasteiger partial charge in [0.15, 0.2) is 0 Å². The predicted octanol–water partition coefficient (Wildman–Crippen LogP) is -4.03. The Morgan fingerprint density at radius 2 is 0.455 bits per heavy atom.